The number of aromatic nitrogens is 2. The molecule has 1 aromatic heterocycles. The molecule has 1 aliphatic heterocycles. The molecule has 1 fully saturated rings. The molecule has 1 saturated heterocycles. The van der Waals surface area contributed by atoms with E-state index in [1.165, 1.54) is 16.7 Å². The van der Waals surface area contributed by atoms with E-state index >= 15 is 0 Å². The van der Waals surface area contributed by atoms with Gasteiger partial charge in [0.1, 0.15) is 5.75 Å². The molecule has 3 aromatic rings. The van der Waals surface area contributed by atoms with E-state index in [9.17, 15) is 14.7 Å². The van der Waals surface area contributed by atoms with E-state index in [2.05, 4.69) is 11.9 Å². The molecule has 0 unspecified atom stereocenters. The topological polar surface area (TPSA) is 85.9 Å². The Labute approximate surface area is 179 Å². The van der Waals surface area contributed by atoms with Gasteiger partial charge in [0.05, 0.1) is 31.7 Å². The zero-order chi connectivity index (χ0) is 22.1. The molecule has 2 aromatic carbocycles. The number of hydrogen-bond donors (Lipinski definition) is 1. The first-order valence-electron chi connectivity index (χ1n) is 10.3. The normalized spacial score (nSPS) is 15.3. The Hall–Kier alpha value is -3.26. The van der Waals surface area contributed by atoms with Crippen molar-refractivity contribution in [3.63, 3.8) is 0 Å². The molecule has 1 N–H and O–H groups in total. The Morgan fingerprint density at radius 3 is 2.39 bits per heavy atom. The number of fused-ring (bicyclic) bond motifs is 1. The Morgan fingerprint density at radius 2 is 1.71 bits per heavy atom. The summed E-state index contributed by atoms with van der Waals surface area (Å²) in [6.45, 7) is 1.85. The van der Waals surface area contributed by atoms with Crippen molar-refractivity contribution in [3.8, 4) is 17.2 Å². The first-order valence-corrected chi connectivity index (χ1v) is 10.3. The van der Waals surface area contributed by atoms with E-state index in [0.29, 0.717) is 22.4 Å². The lowest BCUT2D eigenvalue weighted by Gasteiger charge is -2.31. The van der Waals surface area contributed by atoms with E-state index in [0.717, 1.165) is 31.5 Å². The van der Waals surface area contributed by atoms with Gasteiger partial charge < -0.3 is 19.5 Å². The summed E-state index contributed by atoms with van der Waals surface area (Å²) in [5, 5.41) is 10.3. The average molecular weight is 425 g/mol. The van der Waals surface area contributed by atoms with Gasteiger partial charge in [-0.15, -0.1) is 0 Å². The highest BCUT2D eigenvalue weighted by molar-refractivity contribution is 5.79. The largest absolute Gasteiger partial charge is 0.508 e. The van der Waals surface area contributed by atoms with Gasteiger partial charge in [-0.05, 0) is 68.9 Å². The molecule has 2 heterocycles. The van der Waals surface area contributed by atoms with Crippen LogP contribution in [0.25, 0.3) is 10.9 Å². The Morgan fingerprint density at radius 1 is 1.00 bits per heavy atom. The van der Waals surface area contributed by atoms with Gasteiger partial charge in [-0.1, -0.05) is 6.07 Å². The monoisotopic (exact) mass is 425 g/mol. The van der Waals surface area contributed by atoms with Gasteiger partial charge in [-0.3, -0.25) is 13.9 Å². The maximum atomic E-state index is 13.5. The van der Waals surface area contributed by atoms with Gasteiger partial charge in [0.15, 0.2) is 11.5 Å². The van der Waals surface area contributed by atoms with Crippen molar-refractivity contribution in [2.75, 3.05) is 34.4 Å². The molecule has 4 rings (SSSR count). The molecule has 164 valence electrons. The summed E-state index contributed by atoms with van der Waals surface area (Å²) in [5.74, 6) is 1.10. The molecular formula is C23H27N3O5. The molecule has 0 bridgehead atoms. The second-order valence-corrected chi connectivity index (χ2v) is 7.97. The summed E-state index contributed by atoms with van der Waals surface area (Å²) in [6.07, 6.45) is 1.64. The zero-order valence-electron chi connectivity index (χ0n) is 18.0. The van der Waals surface area contributed by atoms with E-state index < -0.39 is 5.56 Å². The number of phenols is 1. The number of nitrogens with zero attached hydrogens (tertiary/aromatic N) is 3. The maximum Gasteiger partial charge on any atom is 0.332 e. The van der Waals surface area contributed by atoms with Crippen LogP contribution in [-0.2, 0) is 6.54 Å². The predicted octanol–water partition coefficient (Wildman–Crippen LogP) is 2.20. The average Bonchev–Trinajstić information content (AvgIpc) is 2.78. The summed E-state index contributed by atoms with van der Waals surface area (Å²) < 4.78 is 13.6. The third-order valence-corrected chi connectivity index (χ3v) is 5.99. The molecule has 0 aliphatic carbocycles. The van der Waals surface area contributed by atoms with Crippen LogP contribution in [-0.4, -0.2) is 53.5 Å². The zero-order valence-corrected chi connectivity index (χ0v) is 18.0. The Balaban J connectivity index is 1.87. The molecule has 0 spiro atoms. The molecule has 31 heavy (non-hydrogen) atoms. The van der Waals surface area contributed by atoms with Gasteiger partial charge in [0, 0.05) is 6.04 Å². The fraction of sp³-hybridized carbons (Fsp3) is 0.391. The lowest BCUT2D eigenvalue weighted by atomic mass is 10.0. The van der Waals surface area contributed by atoms with Crippen LogP contribution in [0, 0.1) is 0 Å². The highest BCUT2D eigenvalue weighted by Crippen LogP contribution is 2.28. The maximum absolute atomic E-state index is 13.5. The molecule has 8 heteroatoms. The van der Waals surface area contributed by atoms with Crippen molar-refractivity contribution in [1.29, 1.82) is 0 Å². The minimum absolute atomic E-state index is 0.00385. The first kappa shape index (κ1) is 21.0. The first-order chi connectivity index (χ1) is 14.9. The van der Waals surface area contributed by atoms with Crippen molar-refractivity contribution in [2.24, 2.45) is 0 Å². The van der Waals surface area contributed by atoms with Crippen LogP contribution in [0.2, 0.25) is 0 Å². The minimum atomic E-state index is -0.421. The van der Waals surface area contributed by atoms with Crippen LogP contribution in [0.5, 0.6) is 17.2 Å². The lowest BCUT2D eigenvalue weighted by Crippen LogP contribution is -2.44. The molecule has 0 amide bonds. The number of rotatable bonds is 5. The van der Waals surface area contributed by atoms with E-state index in [1.54, 1.807) is 43.1 Å². The summed E-state index contributed by atoms with van der Waals surface area (Å²) >= 11 is 0. The van der Waals surface area contributed by atoms with Crippen LogP contribution in [0.4, 0.5) is 0 Å². The highest BCUT2D eigenvalue weighted by Gasteiger charge is 2.24. The van der Waals surface area contributed by atoms with Crippen molar-refractivity contribution in [2.45, 2.75) is 25.4 Å². The summed E-state index contributed by atoms with van der Waals surface area (Å²) in [5.41, 5.74) is 0.541. The number of methoxy groups -OCH3 is 2. The molecule has 0 radical (unpaired) electrons. The highest BCUT2D eigenvalue weighted by atomic mass is 16.5. The molecule has 0 saturated carbocycles. The Kier molecular flexibility index (Phi) is 5.73. The predicted molar refractivity (Wildman–Crippen MR) is 119 cm³/mol. The third kappa shape index (κ3) is 3.90. The molecule has 0 atom stereocenters. The number of piperidine rings is 1. The van der Waals surface area contributed by atoms with Gasteiger partial charge in [0.25, 0.3) is 5.56 Å². The van der Waals surface area contributed by atoms with Crippen LogP contribution in [0.1, 0.15) is 24.4 Å². The number of benzene rings is 2. The van der Waals surface area contributed by atoms with Crippen LogP contribution in [0.15, 0.2) is 46.0 Å². The van der Waals surface area contributed by atoms with Gasteiger partial charge in [-0.2, -0.15) is 0 Å². The number of ether oxygens (including phenoxy) is 2. The van der Waals surface area contributed by atoms with Crippen LogP contribution in [0.3, 0.4) is 0 Å². The van der Waals surface area contributed by atoms with Crippen molar-refractivity contribution >= 4 is 10.9 Å². The van der Waals surface area contributed by atoms with Crippen molar-refractivity contribution in [1.82, 2.24) is 14.0 Å². The second-order valence-electron chi connectivity index (χ2n) is 7.97. The summed E-state index contributed by atoms with van der Waals surface area (Å²) in [4.78, 5) is 29.0. The van der Waals surface area contributed by atoms with Crippen LogP contribution >= 0.6 is 0 Å². The third-order valence-electron chi connectivity index (χ3n) is 5.99. The summed E-state index contributed by atoms with van der Waals surface area (Å²) in [6, 6.07) is 9.93. The summed E-state index contributed by atoms with van der Waals surface area (Å²) in [7, 11) is 5.16. The van der Waals surface area contributed by atoms with Crippen molar-refractivity contribution in [3.05, 3.63) is 62.8 Å². The minimum Gasteiger partial charge on any atom is -0.508 e. The van der Waals surface area contributed by atoms with Gasteiger partial charge >= 0.3 is 5.69 Å². The standard InChI is InChI=1S/C23H27N3O5/c1-24-10-8-16(9-11-24)26-19-6-5-17(27)13-18(19)22(28)25(23(26)29)14-15-4-7-20(30-2)21(12-15)31-3/h4-7,12-13,16,27H,8-11,14H2,1-3H3. The molecular weight excluding hydrogens is 398 g/mol. The van der Waals surface area contributed by atoms with Crippen molar-refractivity contribution < 1.29 is 14.6 Å². The van der Waals surface area contributed by atoms with Gasteiger partial charge in [0.2, 0.25) is 0 Å². The van der Waals surface area contributed by atoms with Crippen LogP contribution < -0.4 is 20.7 Å². The quantitative estimate of drug-likeness (QED) is 0.675. The fourth-order valence-electron chi connectivity index (χ4n) is 4.28. The van der Waals surface area contributed by atoms with Gasteiger partial charge in [-0.25, -0.2) is 4.79 Å². The number of phenolic OH excluding ortho intramolecular Hbond substituents is 1. The number of hydrogen-bond acceptors (Lipinski definition) is 6. The number of likely N-dealkylation sites (tertiary alicyclic amines) is 1. The van der Waals surface area contributed by atoms with E-state index in [4.69, 9.17) is 9.47 Å². The lowest BCUT2D eigenvalue weighted by molar-refractivity contribution is 0.219. The fourth-order valence-corrected chi connectivity index (χ4v) is 4.28. The van der Waals surface area contributed by atoms with E-state index in [1.807, 2.05) is 0 Å². The number of aromatic hydroxyl groups is 1. The SMILES string of the molecule is COc1ccc(Cn2c(=O)c3cc(O)ccc3n(C3CCN(C)CC3)c2=O)cc1OC. The smallest absolute Gasteiger partial charge is 0.332 e. The van der Waals surface area contributed by atoms with E-state index in [-0.39, 0.29) is 24.0 Å². The second kappa shape index (κ2) is 8.47. The Bertz CT molecular complexity index is 1220. The molecule has 8 nitrogen and oxygen atoms in total. The molecule has 1 aliphatic rings.